The molecule has 1 aliphatic rings. The van der Waals surface area contributed by atoms with Gasteiger partial charge in [0.05, 0.1) is 20.3 Å². The van der Waals surface area contributed by atoms with E-state index in [-0.39, 0.29) is 12.1 Å². The number of benzene rings is 1. The second kappa shape index (κ2) is 6.78. The minimum absolute atomic E-state index is 0.264. The lowest BCUT2D eigenvalue weighted by Crippen LogP contribution is -2.34. The third kappa shape index (κ3) is 3.61. The molecule has 19 heavy (non-hydrogen) atoms. The van der Waals surface area contributed by atoms with Crippen LogP contribution < -0.4 is 14.8 Å². The summed E-state index contributed by atoms with van der Waals surface area (Å²) in [4.78, 5) is 0. The van der Waals surface area contributed by atoms with Gasteiger partial charge in [0.15, 0.2) is 11.5 Å². The van der Waals surface area contributed by atoms with Gasteiger partial charge in [-0.2, -0.15) is 0 Å². The summed E-state index contributed by atoms with van der Waals surface area (Å²) in [6.07, 6.45) is 3.59. The first-order valence-corrected chi connectivity index (χ1v) is 6.87. The predicted octanol–water partition coefficient (Wildman–Crippen LogP) is 1.75. The van der Waals surface area contributed by atoms with E-state index >= 15 is 0 Å². The highest BCUT2D eigenvalue weighted by molar-refractivity contribution is 5.42. The number of aryl methyl sites for hydroxylation is 1. The Morgan fingerprint density at radius 1 is 1.32 bits per heavy atom. The van der Waals surface area contributed by atoms with Crippen LogP contribution in [-0.4, -0.2) is 38.0 Å². The molecule has 0 aliphatic carbocycles. The quantitative estimate of drug-likeness (QED) is 0.823. The van der Waals surface area contributed by atoms with Gasteiger partial charge in [0.1, 0.15) is 0 Å². The molecule has 4 heteroatoms. The molecule has 0 bridgehead atoms. The standard InChI is InChI=1S/C15H23NO3/c1-18-14-8-6-11(10-15(14)19-2)5-7-13(17)12-4-3-9-16-12/h6,8,10,12-13,16-17H,3-5,7,9H2,1-2H3. The van der Waals surface area contributed by atoms with Crippen LogP contribution in [-0.2, 0) is 6.42 Å². The predicted molar refractivity (Wildman–Crippen MR) is 74.9 cm³/mol. The van der Waals surface area contributed by atoms with Gasteiger partial charge in [-0.1, -0.05) is 6.07 Å². The van der Waals surface area contributed by atoms with E-state index < -0.39 is 0 Å². The van der Waals surface area contributed by atoms with Crippen molar-refractivity contribution in [3.63, 3.8) is 0 Å². The van der Waals surface area contributed by atoms with Crippen LogP contribution in [0.25, 0.3) is 0 Å². The van der Waals surface area contributed by atoms with E-state index in [0.717, 1.165) is 49.3 Å². The second-order valence-electron chi connectivity index (χ2n) is 5.00. The lowest BCUT2D eigenvalue weighted by Gasteiger charge is -2.18. The molecule has 1 heterocycles. The number of rotatable bonds is 6. The van der Waals surface area contributed by atoms with Gasteiger partial charge in [0.25, 0.3) is 0 Å². The van der Waals surface area contributed by atoms with E-state index in [1.54, 1.807) is 14.2 Å². The van der Waals surface area contributed by atoms with E-state index in [0.29, 0.717) is 0 Å². The summed E-state index contributed by atoms with van der Waals surface area (Å²) in [5.74, 6) is 1.48. The van der Waals surface area contributed by atoms with E-state index in [2.05, 4.69) is 5.32 Å². The van der Waals surface area contributed by atoms with Crippen molar-refractivity contribution in [3.05, 3.63) is 23.8 Å². The maximum absolute atomic E-state index is 10.1. The van der Waals surface area contributed by atoms with Crippen LogP contribution in [0.3, 0.4) is 0 Å². The molecule has 0 aromatic heterocycles. The fourth-order valence-corrected chi connectivity index (χ4v) is 2.59. The maximum atomic E-state index is 10.1. The smallest absolute Gasteiger partial charge is 0.160 e. The highest BCUT2D eigenvalue weighted by atomic mass is 16.5. The lowest BCUT2D eigenvalue weighted by atomic mass is 10.0. The molecule has 106 valence electrons. The van der Waals surface area contributed by atoms with Crippen LogP contribution >= 0.6 is 0 Å². The minimum atomic E-state index is -0.268. The largest absolute Gasteiger partial charge is 0.493 e. The van der Waals surface area contributed by atoms with E-state index in [4.69, 9.17) is 9.47 Å². The van der Waals surface area contributed by atoms with Crippen LogP contribution in [0.4, 0.5) is 0 Å². The molecule has 4 nitrogen and oxygen atoms in total. The molecule has 1 aliphatic heterocycles. The number of methoxy groups -OCH3 is 2. The Hall–Kier alpha value is -1.26. The van der Waals surface area contributed by atoms with E-state index in [1.165, 1.54) is 0 Å². The third-order valence-electron chi connectivity index (χ3n) is 3.74. The first-order chi connectivity index (χ1) is 9.24. The minimum Gasteiger partial charge on any atom is -0.493 e. The lowest BCUT2D eigenvalue weighted by molar-refractivity contribution is 0.127. The highest BCUT2D eigenvalue weighted by Gasteiger charge is 2.22. The van der Waals surface area contributed by atoms with Gasteiger partial charge in [0.2, 0.25) is 0 Å². The number of hydrogen-bond acceptors (Lipinski definition) is 4. The zero-order chi connectivity index (χ0) is 13.7. The molecule has 2 rings (SSSR count). The van der Waals surface area contributed by atoms with Crippen molar-refractivity contribution in [1.29, 1.82) is 0 Å². The molecule has 2 N–H and O–H groups in total. The van der Waals surface area contributed by atoms with Crippen molar-refractivity contribution in [2.24, 2.45) is 0 Å². The van der Waals surface area contributed by atoms with E-state index in [1.807, 2.05) is 18.2 Å². The van der Waals surface area contributed by atoms with Crippen molar-refractivity contribution in [1.82, 2.24) is 5.32 Å². The van der Waals surface area contributed by atoms with Crippen LogP contribution in [0.1, 0.15) is 24.8 Å². The number of nitrogens with one attached hydrogen (secondary N) is 1. The molecule has 1 saturated heterocycles. The van der Waals surface area contributed by atoms with Gasteiger partial charge in [-0.05, 0) is 49.9 Å². The Kier molecular flexibility index (Phi) is 5.05. The molecule has 1 aromatic rings. The van der Waals surface area contributed by atoms with Gasteiger partial charge >= 0.3 is 0 Å². The summed E-state index contributed by atoms with van der Waals surface area (Å²) in [5, 5.41) is 13.5. The summed E-state index contributed by atoms with van der Waals surface area (Å²) in [6, 6.07) is 6.18. The molecular weight excluding hydrogens is 242 g/mol. The van der Waals surface area contributed by atoms with Crippen LogP contribution in [0.2, 0.25) is 0 Å². The zero-order valence-electron chi connectivity index (χ0n) is 11.7. The number of hydrogen-bond donors (Lipinski definition) is 2. The average molecular weight is 265 g/mol. The number of ether oxygens (including phenoxy) is 2. The SMILES string of the molecule is COc1ccc(CCC(O)C2CCCN2)cc1OC. The van der Waals surface area contributed by atoms with Crippen LogP contribution in [0.15, 0.2) is 18.2 Å². The summed E-state index contributed by atoms with van der Waals surface area (Å²) in [7, 11) is 3.27. The van der Waals surface area contributed by atoms with Gasteiger partial charge < -0.3 is 19.9 Å². The van der Waals surface area contributed by atoms with Gasteiger partial charge in [-0.3, -0.25) is 0 Å². The van der Waals surface area contributed by atoms with Crippen molar-refractivity contribution in [2.75, 3.05) is 20.8 Å². The molecule has 0 saturated carbocycles. The Morgan fingerprint density at radius 3 is 2.74 bits per heavy atom. The molecule has 1 aromatic carbocycles. The topological polar surface area (TPSA) is 50.7 Å². The zero-order valence-corrected chi connectivity index (χ0v) is 11.7. The van der Waals surface area contributed by atoms with Gasteiger partial charge in [-0.25, -0.2) is 0 Å². The molecule has 2 unspecified atom stereocenters. The van der Waals surface area contributed by atoms with Crippen molar-refractivity contribution < 1.29 is 14.6 Å². The first-order valence-electron chi connectivity index (χ1n) is 6.87. The fraction of sp³-hybridized carbons (Fsp3) is 0.600. The molecule has 0 spiro atoms. The number of aliphatic hydroxyl groups excluding tert-OH is 1. The Labute approximate surface area is 114 Å². The Bertz CT molecular complexity index is 402. The molecule has 2 atom stereocenters. The van der Waals surface area contributed by atoms with Crippen molar-refractivity contribution in [3.8, 4) is 11.5 Å². The summed E-state index contributed by atoms with van der Waals surface area (Å²) in [6.45, 7) is 1.03. The third-order valence-corrected chi connectivity index (χ3v) is 3.74. The Morgan fingerprint density at radius 2 is 2.11 bits per heavy atom. The monoisotopic (exact) mass is 265 g/mol. The van der Waals surface area contributed by atoms with Crippen LogP contribution in [0.5, 0.6) is 11.5 Å². The first kappa shape index (κ1) is 14.2. The highest BCUT2D eigenvalue weighted by Crippen LogP contribution is 2.28. The normalized spacial score (nSPS) is 20.3. The Balaban J connectivity index is 1.91. The van der Waals surface area contributed by atoms with Crippen LogP contribution in [0, 0.1) is 0 Å². The van der Waals surface area contributed by atoms with Crippen molar-refractivity contribution >= 4 is 0 Å². The summed E-state index contributed by atoms with van der Waals surface area (Å²) < 4.78 is 10.5. The van der Waals surface area contributed by atoms with Gasteiger partial charge in [0, 0.05) is 6.04 Å². The molecular formula is C15H23NO3. The average Bonchev–Trinajstić information content (AvgIpc) is 2.98. The van der Waals surface area contributed by atoms with Crippen molar-refractivity contribution in [2.45, 2.75) is 37.8 Å². The number of aliphatic hydroxyl groups is 1. The second-order valence-corrected chi connectivity index (χ2v) is 5.00. The molecule has 0 radical (unpaired) electrons. The molecule has 1 fully saturated rings. The summed E-state index contributed by atoms with van der Waals surface area (Å²) >= 11 is 0. The van der Waals surface area contributed by atoms with Gasteiger partial charge in [-0.15, -0.1) is 0 Å². The summed E-state index contributed by atoms with van der Waals surface area (Å²) in [5.41, 5.74) is 1.16. The maximum Gasteiger partial charge on any atom is 0.160 e. The fourth-order valence-electron chi connectivity index (χ4n) is 2.59. The molecule has 0 amide bonds. The van der Waals surface area contributed by atoms with E-state index in [9.17, 15) is 5.11 Å².